The van der Waals surface area contributed by atoms with Gasteiger partial charge in [0.2, 0.25) is 0 Å². The first-order valence-electron chi connectivity index (χ1n) is 6.02. The minimum atomic E-state index is -0.184. The van der Waals surface area contributed by atoms with Crippen molar-refractivity contribution in [3.8, 4) is 21.8 Å². The maximum atomic E-state index is 14.1. The van der Waals surface area contributed by atoms with E-state index in [0.29, 0.717) is 11.1 Å². The number of aryl methyl sites for hydroxylation is 1. The zero-order valence-electron chi connectivity index (χ0n) is 10.4. The van der Waals surface area contributed by atoms with Crippen molar-refractivity contribution in [1.82, 2.24) is 4.98 Å². The summed E-state index contributed by atoms with van der Waals surface area (Å²) in [6, 6.07) is 15.3. The van der Waals surface area contributed by atoms with Crippen molar-refractivity contribution in [1.29, 1.82) is 0 Å². The van der Waals surface area contributed by atoms with Gasteiger partial charge in [0.05, 0.1) is 5.69 Å². The van der Waals surface area contributed by atoms with E-state index >= 15 is 0 Å². The van der Waals surface area contributed by atoms with Gasteiger partial charge >= 0.3 is 0 Å². The normalized spacial score (nSPS) is 10.6. The average Bonchev–Trinajstić information content (AvgIpc) is 2.92. The predicted octanol–water partition coefficient (Wildman–Crippen LogP) is 4.92. The number of benzene rings is 2. The Balaban J connectivity index is 2.05. The Morgan fingerprint density at radius 2 is 1.79 bits per heavy atom. The average molecular weight is 269 g/mol. The molecule has 2 aromatic carbocycles. The monoisotopic (exact) mass is 269 g/mol. The molecule has 0 aliphatic carbocycles. The van der Waals surface area contributed by atoms with Crippen molar-refractivity contribution in [3.05, 3.63) is 65.3 Å². The highest BCUT2D eigenvalue weighted by Gasteiger charge is 2.11. The van der Waals surface area contributed by atoms with Crippen molar-refractivity contribution in [2.24, 2.45) is 0 Å². The van der Waals surface area contributed by atoms with Gasteiger partial charge in [-0.05, 0) is 18.6 Å². The molecule has 94 valence electrons. The maximum Gasteiger partial charge on any atom is 0.136 e. The van der Waals surface area contributed by atoms with Gasteiger partial charge < -0.3 is 0 Å². The van der Waals surface area contributed by atoms with Gasteiger partial charge in [0.25, 0.3) is 0 Å². The van der Waals surface area contributed by atoms with Crippen LogP contribution in [0.3, 0.4) is 0 Å². The Kier molecular flexibility index (Phi) is 3.13. The second-order valence-corrected chi connectivity index (χ2v) is 5.20. The molecule has 0 spiro atoms. The summed E-state index contributed by atoms with van der Waals surface area (Å²) >= 11 is 1.47. The predicted molar refractivity (Wildman–Crippen MR) is 77.7 cm³/mol. The van der Waals surface area contributed by atoms with E-state index in [1.54, 1.807) is 19.1 Å². The molecule has 0 unspecified atom stereocenters. The molecule has 3 aromatic rings. The zero-order valence-corrected chi connectivity index (χ0v) is 11.2. The summed E-state index contributed by atoms with van der Waals surface area (Å²) in [6.07, 6.45) is 0. The second kappa shape index (κ2) is 4.94. The number of hydrogen-bond acceptors (Lipinski definition) is 2. The van der Waals surface area contributed by atoms with Gasteiger partial charge in [-0.25, -0.2) is 9.37 Å². The molecule has 0 saturated carbocycles. The van der Waals surface area contributed by atoms with E-state index in [-0.39, 0.29) is 5.82 Å². The van der Waals surface area contributed by atoms with Crippen LogP contribution in [0.1, 0.15) is 5.56 Å². The molecular formula is C16H12FNS. The zero-order chi connectivity index (χ0) is 13.2. The Labute approximate surface area is 115 Å². The third-order valence-electron chi connectivity index (χ3n) is 3.00. The van der Waals surface area contributed by atoms with Crippen LogP contribution < -0.4 is 0 Å². The lowest BCUT2D eigenvalue weighted by atomic mass is 10.1. The van der Waals surface area contributed by atoms with Gasteiger partial charge in [-0.2, -0.15) is 0 Å². The fraction of sp³-hybridized carbons (Fsp3) is 0.0625. The summed E-state index contributed by atoms with van der Waals surface area (Å²) in [5.74, 6) is -0.184. The number of hydrogen-bond donors (Lipinski definition) is 0. The molecule has 0 bridgehead atoms. The molecule has 0 radical (unpaired) electrons. The molecule has 1 nitrogen and oxygen atoms in total. The van der Waals surface area contributed by atoms with Crippen LogP contribution in [0.2, 0.25) is 0 Å². The molecule has 0 amide bonds. The van der Waals surface area contributed by atoms with Crippen molar-refractivity contribution in [2.45, 2.75) is 6.92 Å². The molecule has 3 heteroatoms. The molecule has 1 heterocycles. The van der Waals surface area contributed by atoms with Crippen molar-refractivity contribution in [2.75, 3.05) is 0 Å². The van der Waals surface area contributed by atoms with Crippen LogP contribution in [-0.2, 0) is 0 Å². The summed E-state index contributed by atoms with van der Waals surface area (Å²) in [7, 11) is 0. The third kappa shape index (κ3) is 2.29. The molecular weight excluding hydrogens is 257 g/mol. The largest absolute Gasteiger partial charge is 0.236 e. The summed E-state index contributed by atoms with van der Waals surface area (Å²) in [5.41, 5.74) is 3.17. The summed E-state index contributed by atoms with van der Waals surface area (Å²) in [6.45, 7) is 1.77. The first-order valence-corrected chi connectivity index (χ1v) is 6.90. The Hall–Kier alpha value is -2.00. The number of rotatable bonds is 2. The highest BCUT2D eigenvalue weighted by molar-refractivity contribution is 7.13. The van der Waals surface area contributed by atoms with Crippen LogP contribution in [0.4, 0.5) is 4.39 Å². The van der Waals surface area contributed by atoms with Crippen molar-refractivity contribution in [3.63, 3.8) is 0 Å². The fourth-order valence-electron chi connectivity index (χ4n) is 1.95. The quantitative estimate of drug-likeness (QED) is 0.643. The van der Waals surface area contributed by atoms with Gasteiger partial charge in [0, 0.05) is 16.5 Å². The Morgan fingerprint density at radius 3 is 2.58 bits per heavy atom. The fourth-order valence-corrected chi connectivity index (χ4v) is 2.80. The van der Waals surface area contributed by atoms with Gasteiger partial charge in [0.15, 0.2) is 0 Å². The molecule has 0 aliphatic heterocycles. The first-order chi connectivity index (χ1) is 9.25. The SMILES string of the molecule is Cc1cccc(-c2nc(-c3ccccc3)cs2)c1F. The van der Waals surface area contributed by atoms with Crippen molar-refractivity contribution >= 4 is 11.3 Å². The smallest absolute Gasteiger partial charge is 0.136 e. The summed E-state index contributed by atoms with van der Waals surface area (Å²) in [5, 5.41) is 2.69. The Bertz CT molecular complexity index is 704. The van der Waals surface area contributed by atoms with Crippen LogP contribution in [0.15, 0.2) is 53.9 Å². The summed E-state index contributed by atoms with van der Waals surface area (Å²) < 4.78 is 14.1. The molecule has 0 saturated heterocycles. The molecule has 19 heavy (non-hydrogen) atoms. The molecule has 1 aromatic heterocycles. The highest BCUT2D eigenvalue weighted by atomic mass is 32.1. The van der Waals surface area contributed by atoms with Crippen LogP contribution in [-0.4, -0.2) is 4.98 Å². The lowest BCUT2D eigenvalue weighted by molar-refractivity contribution is 0.622. The van der Waals surface area contributed by atoms with E-state index in [4.69, 9.17) is 0 Å². The number of nitrogens with zero attached hydrogens (tertiary/aromatic N) is 1. The molecule has 0 atom stereocenters. The first kappa shape index (κ1) is 12.1. The van der Waals surface area contributed by atoms with Crippen molar-refractivity contribution < 1.29 is 4.39 Å². The number of halogens is 1. The van der Waals surface area contributed by atoms with Gasteiger partial charge in [-0.15, -0.1) is 11.3 Å². The topological polar surface area (TPSA) is 12.9 Å². The molecule has 0 N–H and O–H groups in total. The van der Waals surface area contributed by atoms with Crippen LogP contribution in [0.25, 0.3) is 21.8 Å². The minimum Gasteiger partial charge on any atom is -0.236 e. The van der Waals surface area contributed by atoms with Gasteiger partial charge in [-0.1, -0.05) is 42.5 Å². The van der Waals surface area contributed by atoms with E-state index in [0.717, 1.165) is 16.3 Å². The van der Waals surface area contributed by atoms with E-state index < -0.39 is 0 Å². The lowest BCUT2D eigenvalue weighted by Crippen LogP contribution is -1.87. The van der Waals surface area contributed by atoms with Crippen LogP contribution in [0, 0.1) is 12.7 Å². The maximum absolute atomic E-state index is 14.1. The molecule has 0 aliphatic rings. The van der Waals surface area contributed by atoms with E-state index in [1.807, 2.05) is 41.8 Å². The standard InChI is InChI=1S/C16H12FNS/c1-11-6-5-9-13(15(11)17)16-18-14(10-19-16)12-7-3-2-4-8-12/h2-10H,1H3. The van der Waals surface area contributed by atoms with Crippen LogP contribution in [0.5, 0.6) is 0 Å². The van der Waals surface area contributed by atoms with E-state index in [1.165, 1.54) is 11.3 Å². The van der Waals surface area contributed by atoms with Gasteiger partial charge in [0.1, 0.15) is 10.8 Å². The molecule has 0 fully saturated rings. The number of thiazole rings is 1. The number of aromatic nitrogens is 1. The lowest BCUT2D eigenvalue weighted by Gasteiger charge is -2.01. The third-order valence-corrected chi connectivity index (χ3v) is 3.87. The van der Waals surface area contributed by atoms with Crippen LogP contribution >= 0.6 is 11.3 Å². The molecule has 3 rings (SSSR count). The van der Waals surface area contributed by atoms with Gasteiger partial charge in [-0.3, -0.25) is 0 Å². The summed E-state index contributed by atoms with van der Waals surface area (Å²) in [4.78, 5) is 4.53. The highest BCUT2D eigenvalue weighted by Crippen LogP contribution is 2.31. The Morgan fingerprint density at radius 1 is 1.00 bits per heavy atom. The minimum absolute atomic E-state index is 0.184. The van der Waals surface area contributed by atoms with E-state index in [9.17, 15) is 4.39 Å². The second-order valence-electron chi connectivity index (χ2n) is 4.34. The van der Waals surface area contributed by atoms with E-state index in [2.05, 4.69) is 4.98 Å².